The number of tetrazole rings is 1. The summed E-state index contributed by atoms with van der Waals surface area (Å²) >= 11 is 0. The number of nitrogens with two attached hydrogens (primary N) is 1. The maximum absolute atomic E-state index is 9.21. The van der Waals surface area contributed by atoms with Gasteiger partial charge >= 0.3 is 0 Å². The maximum Gasteiger partial charge on any atom is 0.200 e. The molecule has 0 fully saturated rings. The molecule has 2 heterocycles. The number of aliphatic hydroxyl groups is 1. The standard InChI is InChI=1S/C8H13N7O/c1-5(16)6(9)4-10-7-2-3-8-11-13-14-15(8)12-7/h2-3,5-6,16H,4,9H2,1H3,(H,10,12). The molecule has 2 unspecified atom stereocenters. The molecule has 0 saturated heterocycles. The number of hydrogen-bond donors (Lipinski definition) is 3. The Bertz CT molecular complexity index is 468. The third-order valence-electron chi connectivity index (χ3n) is 2.21. The summed E-state index contributed by atoms with van der Waals surface area (Å²) < 4.78 is 1.32. The highest BCUT2D eigenvalue weighted by atomic mass is 16.3. The molecule has 2 atom stereocenters. The fraction of sp³-hybridized carbons (Fsp3) is 0.500. The summed E-state index contributed by atoms with van der Waals surface area (Å²) in [5.74, 6) is 0.607. The van der Waals surface area contributed by atoms with E-state index >= 15 is 0 Å². The van der Waals surface area contributed by atoms with Gasteiger partial charge in [0.15, 0.2) is 5.65 Å². The number of aliphatic hydroxyl groups excluding tert-OH is 1. The average Bonchev–Trinajstić information content (AvgIpc) is 2.72. The smallest absolute Gasteiger partial charge is 0.200 e. The van der Waals surface area contributed by atoms with Crippen molar-refractivity contribution in [2.75, 3.05) is 11.9 Å². The van der Waals surface area contributed by atoms with E-state index in [1.54, 1.807) is 19.1 Å². The van der Waals surface area contributed by atoms with Crippen LogP contribution in [0.5, 0.6) is 0 Å². The van der Waals surface area contributed by atoms with Crippen LogP contribution in [-0.2, 0) is 0 Å². The van der Waals surface area contributed by atoms with Gasteiger partial charge in [-0.1, -0.05) is 0 Å². The second kappa shape index (κ2) is 4.37. The fourth-order valence-corrected chi connectivity index (χ4v) is 1.14. The molecule has 16 heavy (non-hydrogen) atoms. The quantitative estimate of drug-likeness (QED) is 0.586. The Balaban J connectivity index is 2.04. The molecule has 2 aromatic rings. The highest BCUT2D eigenvalue weighted by Crippen LogP contribution is 2.03. The van der Waals surface area contributed by atoms with Crippen LogP contribution in [0.4, 0.5) is 5.82 Å². The van der Waals surface area contributed by atoms with Gasteiger partial charge in [0.25, 0.3) is 0 Å². The lowest BCUT2D eigenvalue weighted by Crippen LogP contribution is -2.38. The molecular weight excluding hydrogens is 210 g/mol. The van der Waals surface area contributed by atoms with Crippen LogP contribution in [0.1, 0.15) is 6.92 Å². The summed E-state index contributed by atoms with van der Waals surface area (Å²) in [6.07, 6.45) is -0.565. The van der Waals surface area contributed by atoms with Crippen molar-refractivity contribution in [2.45, 2.75) is 19.1 Å². The lowest BCUT2D eigenvalue weighted by Gasteiger charge is -2.15. The van der Waals surface area contributed by atoms with Crippen molar-refractivity contribution in [3.63, 3.8) is 0 Å². The molecule has 2 aromatic heterocycles. The summed E-state index contributed by atoms with van der Waals surface area (Å²) in [5.41, 5.74) is 6.24. The monoisotopic (exact) mass is 223 g/mol. The zero-order valence-corrected chi connectivity index (χ0v) is 8.78. The minimum Gasteiger partial charge on any atom is -0.392 e. The van der Waals surface area contributed by atoms with Gasteiger partial charge in [-0.2, -0.15) is 0 Å². The van der Waals surface area contributed by atoms with Crippen molar-refractivity contribution in [1.29, 1.82) is 0 Å². The van der Waals surface area contributed by atoms with Crippen molar-refractivity contribution < 1.29 is 5.11 Å². The first-order chi connectivity index (χ1) is 7.66. The molecule has 0 aliphatic heterocycles. The molecule has 0 amide bonds. The zero-order valence-electron chi connectivity index (χ0n) is 8.78. The Labute approximate surface area is 91.4 Å². The van der Waals surface area contributed by atoms with E-state index in [2.05, 4.69) is 25.9 Å². The Morgan fingerprint density at radius 1 is 1.56 bits per heavy atom. The topological polar surface area (TPSA) is 114 Å². The van der Waals surface area contributed by atoms with E-state index in [-0.39, 0.29) is 6.04 Å². The Morgan fingerprint density at radius 2 is 2.38 bits per heavy atom. The highest BCUT2D eigenvalue weighted by molar-refractivity contribution is 5.42. The van der Waals surface area contributed by atoms with Gasteiger partial charge in [-0.05, 0) is 29.5 Å². The first-order valence-corrected chi connectivity index (χ1v) is 4.90. The molecule has 2 rings (SSSR count). The molecule has 4 N–H and O–H groups in total. The third-order valence-corrected chi connectivity index (χ3v) is 2.21. The van der Waals surface area contributed by atoms with Crippen LogP contribution in [0.25, 0.3) is 5.65 Å². The molecule has 0 radical (unpaired) electrons. The maximum atomic E-state index is 9.21. The number of rotatable bonds is 4. The largest absolute Gasteiger partial charge is 0.392 e. The normalized spacial score (nSPS) is 14.9. The van der Waals surface area contributed by atoms with Crippen molar-refractivity contribution >= 4 is 11.5 Å². The van der Waals surface area contributed by atoms with E-state index in [1.165, 1.54) is 4.63 Å². The van der Waals surface area contributed by atoms with E-state index < -0.39 is 6.10 Å². The van der Waals surface area contributed by atoms with Gasteiger partial charge in [0.2, 0.25) is 0 Å². The third kappa shape index (κ3) is 2.23. The van der Waals surface area contributed by atoms with Gasteiger partial charge in [0.1, 0.15) is 5.82 Å². The minimum absolute atomic E-state index is 0.341. The molecule has 0 bridgehead atoms. The predicted octanol–water partition coefficient (Wildman–Crippen LogP) is -1.36. The Hall–Kier alpha value is -1.80. The number of nitrogens with zero attached hydrogens (tertiary/aromatic N) is 5. The first kappa shape index (κ1) is 10.7. The van der Waals surface area contributed by atoms with E-state index in [1.807, 2.05) is 0 Å². The number of fused-ring (bicyclic) bond motifs is 1. The van der Waals surface area contributed by atoms with Crippen LogP contribution in [0.3, 0.4) is 0 Å². The molecule has 0 spiro atoms. The van der Waals surface area contributed by atoms with E-state index in [0.29, 0.717) is 18.0 Å². The summed E-state index contributed by atoms with van der Waals surface area (Å²) in [4.78, 5) is 0. The van der Waals surface area contributed by atoms with Crippen molar-refractivity contribution in [3.05, 3.63) is 12.1 Å². The lowest BCUT2D eigenvalue weighted by atomic mass is 10.2. The molecular formula is C8H13N7O. The minimum atomic E-state index is -0.565. The molecule has 8 nitrogen and oxygen atoms in total. The van der Waals surface area contributed by atoms with Crippen LogP contribution >= 0.6 is 0 Å². The molecule has 0 aliphatic rings. The Morgan fingerprint density at radius 3 is 3.12 bits per heavy atom. The molecule has 8 heteroatoms. The zero-order chi connectivity index (χ0) is 11.5. The van der Waals surface area contributed by atoms with Gasteiger partial charge in [0, 0.05) is 12.6 Å². The van der Waals surface area contributed by atoms with E-state index in [0.717, 1.165) is 0 Å². The van der Waals surface area contributed by atoms with Gasteiger partial charge in [-0.3, -0.25) is 0 Å². The van der Waals surface area contributed by atoms with Crippen LogP contribution < -0.4 is 11.1 Å². The van der Waals surface area contributed by atoms with Gasteiger partial charge < -0.3 is 16.2 Å². The van der Waals surface area contributed by atoms with Crippen LogP contribution in [0, 0.1) is 0 Å². The van der Waals surface area contributed by atoms with Crippen LogP contribution in [0.15, 0.2) is 12.1 Å². The molecule has 0 aliphatic carbocycles. The van der Waals surface area contributed by atoms with Crippen molar-refractivity contribution in [2.24, 2.45) is 5.73 Å². The number of hydrogen-bond acceptors (Lipinski definition) is 7. The van der Waals surface area contributed by atoms with Gasteiger partial charge in [-0.15, -0.1) is 14.8 Å². The summed E-state index contributed by atoms with van der Waals surface area (Å²) in [5, 5.41) is 27.2. The molecule has 86 valence electrons. The summed E-state index contributed by atoms with van der Waals surface area (Å²) in [7, 11) is 0. The van der Waals surface area contributed by atoms with Gasteiger partial charge in [-0.25, -0.2) is 0 Å². The van der Waals surface area contributed by atoms with Crippen molar-refractivity contribution in [3.8, 4) is 0 Å². The number of nitrogens with one attached hydrogen (secondary N) is 1. The first-order valence-electron chi connectivity index (χ1n) is 4.90. The number of aromatic nitrogens is 5. The fourth-order valence-electron chi connectivity index (χ4n) is 1.14. The number of anilines is 1. The van der Waals surface area contributed by atoms with Crippen molar-refractivity contribution in [1.82, 2.24) is 25.3 Å². The van der Waals surface area contributed by atoms with E-state index in [4.69, 9.17) is 5.73 Å². The van der Waals surface area contributed by atoms with Crippen LogP contribution in [0.2, 0.25) is 0 Å². The predicted molar refractivity (Wildman–Crippen MR) is 56.7 cm³/mol. The molecule has 0 saturated carbocycles. The van der Waals surface area contributed by atoms with Crippen LogP contribution in [-0.4, -0.2) is 49.1 Å². The van der Waals surface area contributed by atoms with Gasteiger partial charge in [0.05, 0.1) is 6.10 Å². The summed E-state index contributed by atoms with van der Waals surface area (Å²) in [6, 6.07) is 3.15. The summed E-state index contributed by atoms with van der Waals surface area (Å²) in [6.45, 7) is 2.07. The molecule has 0 aromatic carbocycles. The second-order valence-electron chi connectivity index (χ2n) is 3.53. The van der Waals surface area contributed by atoms with E-state index in [9.17, 15) is 5.11 Å². The Kier molecular flexibility index (Phi) is 2.93. The highest BCUT2D eigenvalue weighted by Gasteiger charge is 2.09. The average molecular weight is 223 g/mol. The second-order valence-corrected chi connectivity index (χ2v) is 3.53. The lowest BCUT2D eigenvalue weighted by molar-refractivity contribution is 0.168. The SMILES string of the molecule is CC(O)C(N)CNc1ccc2nnnn2n1.